The molecule has 7 nitrogen and oxygen atoms in total. The van der Waals surface area contributed by atoms with E-state index in [2.05, 4.69) is 57.0 Å². The maximum atomic E-state index is 14.1. The Morgan fingerprint density at radius 3 is 2.08 bits per heavy atom. The van der Waals surface area contributed by atoms with Gasteiger partial charge in [-0.15, -0.1) is 0 Å². The molecule has 3 aromatic carbocycles. The van der Waals surface area contributed by atoms with E-state index in [9.17, 15) is 13.5 Å². The SMILES string of the molecule is CCCCC1(CCCC)CS(=O)(=O)c2ccc(N(C)C)cc2[C@@H](c2ccc(OCc3ccc(C[N+]4(C)CCN(CC)CC4)cc3)cc2)[C@H]1O. The number of anilines is 1. The average Bonchev–Trinajstić information content (AvgIpc) is 3.16. The van der Waals surface area contributed by atoms with Gasteiger partial charge in [-0.2, -0.15) is 0 Å². The number of hydrogen-bond acceptors (Lipinski definition) is 6. The van der Waals surface area contributed by atoms with E-state index in [1.54, 1.807) is 6.07 Å². The summed E-state index contributed by atoms with van der Waals surface area (Å²) < 4.78 is 35.6. The van der Waals surface area contributed by atoms with Gasteiger partial charge in [-0.3, -0.25) is 4.90 Å². The number of unbranched alkanes of at least 4 members (excludes halogenated alkanes) is 2. The summed E-state index contributed by atoms with van der Waals surface area (Å²) >= 11 is 0. The molecule has 0 aliphatic carbocycles. The van der Waals surface area contributed by atoms with Crippen LogP contribution in [-0.2, 0) is 23.0 Å². The minimum atomic E-state index is -3.64. The Labute approximate surface area is 296 Å². The second-order valence-corrected chi connectivity index (χ2v) is 17.2. The molecule has 0 amide bonds. The largest absolute Gasteiger partial charge is 0.489 e. The molecule has 0 bridgehead atoms. The summed E-state index contributed by atoms with van der Waals surface area (Å²) in [5.74, 6) is 0.250. The topological polar surface area (TPSA) is 70.1 Å². The molecule has 0 spiro atoms. The molecular weight excluding hydrogens is 631 g/mol. The Balaban J connectivity index is 1.37. The molecular formula is C41H60N3O4S+. The zero-order valence-corrected chi connectivity index (χ0v) is 31.6. The lowest BCUT2D eigenvalue weighted by atomic mass is 9.68. The molecule has 2 atom stereocenters. The van der Waals surface area contributed by atoms with Crippen LogP contribution in [0.1, 0.15) is 87.5 Å². The van der Waals surface area contributed by atoms with E-state index in [1.165, 1.54) is 31.7 Å². The number of quaternary nitrogens is 1. The minimum absolute atomic E-state index is 0.0261. The van der Waals surface area contributed by atoms with Crippen LogP contribution in [-0.4, -0.2) is 88.6 Å². The number of hydrogen-bond donors (Lipinski definition) is 1. The number of aliphatic hydroxyl groups is 1. The average molecular weight is 691 g/mol. The van der Waals surface area contributed by atoms with Gasteiger partial charge in [0.2, 0.25) is 0 Å². The molecule has 1 saturated heterocycles. The highest BCUT2D eigenvalue weighted by atomic mass is 32.2. The van der Waals surface area contributed by atoms with Crippen LogP contribution in [0.3, 0.4) is 0 Å². The van der Waals surface area contributed by atoms with Gasteiger partial charge >= 0.3 is 0 Å². The molecule has 0 unspecified atom stereocenters. The van der Waals surface area contributed by atoms with Gasteiger partial charge < -0.3 is 19.2 Å². The van der Waals surface area contributed by atoms with Crippen LogP contribution in [0.25, 0.3) is 0 Å². The maximum absolute atomic E-state index is 14.1. The highest BCUT2D eigenvalue weighted by molar-refractivity contribution is 7.91. The van der Waals surface area contributed by atoms with Crippen molar-refractivity contribution >= 4 is 15.5 Å². The quantitative estimate of drug-likeness (QED) is 0.180. The van der Waals surface area contributed by atoms with E-state index in [0.717, 1.165) is 65.8 Å². The van der Waals surface area contributed by atoms with Crippen molar-refractivity contribution in [2.45, 2.75) is 89.4 Å². The van der Waals surface area contributed by atoms with Crippen molar-refractivity contribution in [3.8, 4) is 5.75 Å². The number of likely N-dealkylation sites (N-methyl/N-ethyl adjacent to an activating group) is 2. The van der Waals surface area contributed by atoms with E-state index < -0.39 is 27.3 Å². The first kappa shape index (κ1) is 37.3. The van der Waals surface area contributed by atoms with Crippen LogP contribution in [0.4, 0.5) is 5.69 Å². The normalized spacial score (nSPS) is 21.4. The molecule has 49 heavy (non-hydrogen) atoms. The van der Waals surface area contributed by atoms with Gasteiger partial charge in [-0.1, -0.05) is 82.9 Å². The van der Waals surface area contributed by atoms with Crippen molar-refractivity contribution in [3.63, 3.8) is 0 Å². The molecule has 0 saturated carbocycles. The van der Waals surface area contributed by atoms with Crippen molar-refractivity contribution in [2.24, 2.45) is 5.41 Å². The van der Waals surface area contributed by atoms with Gasteiger partial charge in [0.25, 0.3) is 0 Å². The summed E-state index contributed by atoms with van der Waals surface area (Å²) in [6.45, 7) is 13.8. The van der Waals surface area contributed by atoms with E-state index >= 15 is 0 Å². The third kappa shape index (κ3) is 8.70. The Kier molecular flexibility index (Phi) is 12.2. The Morgan fingerprint density at radius 1 is 0.898 bits per heavy atom. The monoisotopic (exact) mass is 690 g/mol. The van der Waals surface area contributed by atoms with Crippen LogP contribution in [0.15, 0.2) is 71.6 Å². The van der Waals surface area contributed by atoms with Crippen molar-refractivity contribution < 1.29 is 22.7 Å². The van der Waals surface area contributed by atoms with E-state index in [-0.39, 0.29) is 5.75 Å². The molecule has 1 N–H and O–H groups in total. The second-order valence-electron chi connectivity index (χ2n) is 15.2. The molecule has 0 aromatic heterocycles. The standard InChI is InChI=1S/C41H60N3O4S/c1-7-10-22-41(23-11-8-2)31-49(46,47)38-21-18-35(42(4)5)28-37(38)39(40(41)45)34-16-19-36(20-17-34)48-30-33-14-12-32(13-15-33)29-44(6)26-24-43(9-3)25-27-44/h12-21,28,39-40,45H,7-11,22-27,29-31H2,1-6H3/q+1/t39-,40-/m1/s1. The maximum Gasteiger partial charge on any atom is 0.179 e. The number of benzene rings is 3. The van der Waals surface area contributed by atoms with Gasteiger partial charge in [-0.05, 0) is 66.4 Å². The predicted octanol–water partition coefficient (Wildman–Crippen LogP) is 7.26. The van der Waals surface area contributed by atoms with Crippen LogP contribution < -0.4 is 9.64 Å². The number of fused-ring (bicyclic) bond motifs is 1. The lowest BCUT2D eigenvalue weighted by molar-refractivity contribution is -0.926. The number of sulfone groups is 1. The lowest BCUT2D eigenvalue weighted by Gasteiger charge is -2.41. The first-order chi connectivity index (χ1) is 23.4. The lowest BCUT2D eigenvalue weighted by Crippen LogP contribution is -2.56. The Morgan fingerprint density at radius 2 is 1.51 bits per heavy atom. The fourth-order valence-electron chi connectivity index (χ4n) is 7.97. The number of nitrogens with zero attached hydrogens (tertiary/aromatic N) is 3. The van der Waals surface area contributed by atoms with Gasteiger partial charge in [-0.25, -0.2) is 8.42 Å². The third-order valence-electron chi connectivity index (χ3n) is 11.2. The zero-order valence-electron chi connectivity index (χ0n) is 30.8. The minimum Gasteiger partial charge on any atom is -0.489 e. The summed E-state index contributed by atoms with van der Waals surface area (Å²) in [6.07, 6.45) is 4.19. The van der Waals surface area contributed by atoms with E-state index in [1.807, 2.05) is 55.4 Å². The van der Waals surface area contributed by atoms with E-state index in [4.69, 9.17) is 4.74 Å². The van der Waals surface area contributed by atoms with Crippen LogP contribution in [0, 0.1) is 5.41 Å². The van der Waals surface area contributed by atoms with Crippen LogP contribution >= 0.6 is 0 Å². The van der Waals surface area contributed by atoms with E-state index in [0.29, 0.717) is 29.9 Å². The molecule has 2 aliphatic rings. The van der Waals surface area contributed by atoms with Crippen LogP contribution in [0.2, 0.25) is 0 Å². The molecule has 0 radical (unpaired) electrons. The number of rotatable bonds is 14. The number of piperazine rings is 1. The first-order valence-electron chi connectivity index (χ1n) is 18.5. The number of ether oxygens (including phenoxy) is 1. The van der Waals surface area contributed by atoms with Crippen LogP contribution in [0.5, 0.6) is 5.75 Å². The number of aliphatic hydroxyl groups excluding tert-OH is 1. The highest BCUT2D eigenvalue weighted by Crippen LogP contribution is 2.50. The summed E-state index contributed by atoms with van der Waals surface area (Å²) in [7, 11) is 2.66. The molecule has 8 heteroatoms. The summed E-state index contributed by atoms with van der Waals surface area (Å²) in [6, 6.07) is 22.4. The Bertz CT molecular complexity index is 1610. The molecule has 3 aromatic rings. The summed E-state index contributed by atoms with van der Waals surface area (Å²) in [5.41, 5.74) is 4.27. The second kappa shape index (κ2) is 16.0. The molecule has 1 fully saturated rings. The van der Waals surface area contributed by atoms with Crippen molar-refractivity contribution in [1.29, 1.82) is 0 Å². The van der Waals surface area contributed by atoms with Crippen molar-refractivity contribution in [2.75, 3.05) is 64.5 Å². The molecule has 2 aliphatic heterocycles. The smallest absolute Gasteiger partial charge is 0.179 e. The molecule has 2 heterocycles. The first-order valence-corrected chi connectivity index (χ1v) is 20.2. The summed E-state index contributed by atoms with van der Waals surface area (Å²) in [5, 5.41) is 12.4. The third-order valence-corrected chi connectivity index (χ3v) is 13.2. The fraction of sp³-hybridized carbons (Fsp3) is 0.561. The van der Waals surface area contributed by atoms with Crippen molar-refractivity contribution in [3.05, 3.63) is 89.0 Å². The predicted molar refractivity (Wildman–Crippen MR) is 201 cm³/mol. The molecule has 268 valence electrons. The zero-order chi connectivity index (χ0) is 35.2. The van der Waals surface area contributed by atoms with Gasteiger partial charge in [0.1, 0.15) is 18.9 Å². The fourth-order valence-corrected chi connectivity index (χ4v) is 10.2. The van der Waals surface area contributed by atoms with Gasteiger partial charge in [0.15, 0.2) is 9.84 Å². The van der Waals surface area contributed by atoms with Gasteiger partial charge in [0, 0.05) is 49.8 Å². The van der Waals surface area contributed by atoms with Crippen molar-refractivity contribution in [1.82, 2.24) is 4.90 Å². The summed E-state index contributed by atoms with van der Waals surface area (Å²) in [4.78, 5) is 4.87. The highest BCUT2D eigenvalue weighted by Gasteiger charge is 2.49. The molecule has 5 rings (SSSR count). The van der Waals surface area contributed by atoms with Gasteiger partial charge in [0.05, 0.1) is 36.9 Å². The Hall–Kier alpha value is -2.91.